The van der Waals surface area contributed by atoms with Gasteiger partial charge in [-0.15, -0.1) is 0 Å². The first kappa shape index (κ1) is 21.8. The third-order valence-corrected chi connectivity index (χ3v) is 4.75. The second-order valence-electron chi connectivity index (χ2n) is 6.96. The first-order valence-electron chi connectivity index (χ1n) is 9.83. The summed E-state index contributed by atoms with van der Waals surface area (Å²) in [5.41, 5.74) is -0.316. The predicted octanol–water partition coefficient (Wildman–Crippen LogP) is 4.04. The molecule has 0 saturated carbocycles. The molecule has 0 aromatic heterocycles. The Morgan fingerprint density at radius 2 is 1.64 bits per heavy atom. The number of anilines is 1. The molecule has 1 amide bonds. The molecule has 1 unspecified atom stereocenters. The van der Waals surface area contributed by atoms with Gasteiger partial charge >= 0.3 is 5.97 Å². The number of nitrogens with zero attached hydrogens (tertiary/aromatic N) is 1. The van der Waals surface area contributed by atoms with Crippen LogP contribution in [-0.2, 0) is 9.53 Å². The number of hydrogen-bond donors (Lipinski definition) is 1. The number of carbonyl (C=O) groups is 2. The van der Waals surface area contributed by atoms with Crippen molar-refractivity contribution < 1.29 is 33.1 Å². The maximum Gasteiger partial charge on any atom is 0.346 e. The lowest BCUT2D eigenvalue weighted by Crippen LogP contribution is -2.26. The summed E-state index contributed by atoms with van der Waals surface area (Å²) in [6.45, 7) is 0.430. The number of carbonyl (C=O) groups excluding carboxylic acids is 2. The number of esters is 1. The number of rotatable bonds is 6. The Labute approximate surface area is 186 Å². The summed E-state index contributed by atoms with van der Waals surface area (Å²) < 4.78 is 29.4. The molecule has 0 aliphatic carbocycles. The molecule has 0 fully saturated rings. The Hall–Kier alpha value is -4.47. The molecular formula is C23H17FN2O7. The van der Waals surface area contributed by atoms with Gasteiger partial charge in [0.2, 0.25) is 6.10 Å². The molecule has 4 rings (SSSR count). The van der Waals surface area contributed by atoms with Crippen molar-refractivity contribution >= 4 is 23.3 Å². The Bertz CT molecular complexity index is 1200. The third-order valence-electron chi connectivity index (χ3n) is 4.75. The molecule has 1 N–H and O–H groups in total. The van der Waals surface area contributed by atoms with Crippen molar-refractivity contribution in [1.82, 2.24) is 0 Å². The molecule has 0 bridgehead atoms. The highest BCUT2D eigenvalue weighted by molar-refractivity contribution is 6.00. The van der Waals surface area contributed by atoms with E-state index in [1.54, 1.807) is 30.3 Å². The summed E-state index contributed by atoms with van der Waals surface area (Å²) >= 11 is 0. The van der Waals surface area contributed by atoms with Gasteiger partial charge in [-0.2, -0.15) is 0 Å². The molecule has 168 valence electrons. The SMILES string of the molecule is O=C(OC(C(=O)Nc1ccc(F)cc1)c1ccccc1)c1cc2c(cc1[N+](=O)[O-])OCCO2. The van der Waals surface area contributed by atoms with E-state index < -0.39 is 34.4 Å². The van der Waals surface area contributed by atoms with Gasteiger partial charge in [0, 0.05) is 17.3 Å². The van der Waals surface area contributed by atoms with Crippen LogP contribution in [-0.4, -0.2) is 30.0 Å². The zero-order valence-corrected chi connectivity index (χ0v) is 17.0. The van der Waals surface area contributed by atoms with E-state index >= 15 is 0 Å². The highest BCUT2D eigenvalue weighted by atomic mass is 19.1. The maximum atomic E-state index is 13.2. The van der Waals surface area contributed by atoms with Crippen LogP contribution in [0.3, 0.4) is 0 Å². The first-order valence-corrected chi connectivity index (χ1v) is 9.83. The number of halogens is 1. The molecule has 10 heteroatoms. The molecule has 33 heavy (non-hydrogen) atoms. The van der Waals surface area contributed by atoms with Gasteiger partial charge in [-0.1, -0.05) is 30.3 Å². The monoisotopic (exact) mass is 452 g/mol. The van der Waals surface area contributed by atoms with Gasteiger partial charge in [-0.05, 0) is 24.3 Å². The number of amides is 1. The first-order chi connectivity index (χ1) is 15.9. The fraction of sp³-hybridized carbons (Fsp3) is 0.130. The highest BCUT2D eigenvalue weighted by Crippen LogP contribution is 2.37. The quantitative estimate of drug-likeness (QED) is 0.341. The van der Waals surface area contributed by atoms with Crippen molar-refractivity contribution in [3.8, 4) is 11.5 Å². The normalized spacial score (nSPS) is 13.0. The van der Waals surface area contributed by atoms with Gasteiger partial charge in [0.15, 0.2) is 11.5 Å². The number of benzene rings is 3. The van der Waals surface area contributed by atoms with Gasteiger partial charge in [0.05, 0.1) is 11.0 Å². The molecule has 1 atom stereocenters. The van der Waals surface area contributed by atoms with Crippen LogP contribution in [0, 0.1) is 15.9 Å². The fourth-order valence-electron chi connectivity index (χ4n) is 3.20. The second kappa shape index (κ2) is 9.35. The summed E-state index contributed by atoms with van der Waals surface area (Å²) in [5.74, 6) is -2.00. The largest absolute Gasteiger partial charge is 0.486 e. The smallest absolute Gasteiger partial charge is 0.346 e. The summed E-state index contributed by atoms with van der Waals surface area (Å²) in [6, 6.07) is 15.4. The summed E-state index contributed by atoms with van der Waals surface area (Å²) in [4.78, 5) is 36.8. The molecule has 1 aliphatic heterocycles. The number of fused-ring (bicyclic) bond motifs is 1. The summed E-state index contributed by atoms with van der Waals surface area (Å²) in [6.07, 6.45) is -1.43. The highest BCUT2D eigenvalue weighted by Gasteiger charge is 2.32. The minimum Gasteiger partial charge on any atom is -0.486 e. The Balaban J connectivity index is 1.65. The molecule has 0 spiro atoms. The van der Waals surface area contributed by atoms with Crippen LogP contribution in [0.15, 0.2) is 66.7 Å². The fourth-order valence-corrected chi connectivity index (χ4v) is 3.20. The summed E-state index contributed by atoms with van der Waals surface area (Å²) in [7, 11) is 0. The summed E-state index contributed by atoms with van der Waals surface area (Å²) in [5, 5.41) is 14.1. The lowest BCUT2D eigenvalue weighted by Gasteiger charge is -2.20. The molecule has 0 radical (unpaired) electrons. The van der Waals surface area contributed by atoms with Crippen molar-refractivity contribution in [2.75, 3.05) is 18.5 Å². The van der Waals surface area contributed by atoms with Crippen LogP contribution < -0.4 is 14.8 Å². The molecule has 9 nitrogen and oxygen atoms in total. The molecule has 3 aromatic rings. The maximum absolute atomic E-state index is 13.2. The molecular weight excluding hydrogens is 435 g/mol. The number of nitrogens with one attached hydrogen (secondary N) is 1. The molecule has 1 aliphatic rings. The van der Waals surface area contributed by atoms with E-state index in [4.69, 9.17) is 14.2 Å². The zero-order chi connectivity index (χ0) is 23.4. The van der Waals surface area contributed by atoms with Gasteiger partial charge in [-0.25, -0.2) is 9.18 Å². The van der Waals surface area contributed by atoms with Crippen molar-refractivity contribution in [3.05, 3.63) is 93.8 Å². The topological polar surface area (TPSA) is 117 Å². The van der Waals surface area contributed by atoms with Crippen LogP contribution >= 0.6 is 0 Å². The number of nitro groups is 1. The van der Waals surface area contributed by atoms with Crippen LogP contribution in [0.5, 0.6) is 11.5 Å². The average Bonchev–Trinajstić information content (AvgIpc) is 2.83. The van der Waals surface area contributed by atoms with E-state index in [0.29, 0.717) is 5.56 Å². The number of hydrogen-bond acceptors (Lipinski definition) is 7. The van der Waals surface area contributed by atoms with Gasteiger partial charge < -0.3 is 19.5 Å². The van der Waals surface area contributed by atoms with E-state index in [2.05, 4.69) is 5.32 Å². The van der Waals surface area contributed by atoms with Crippen LogP contribution in [0.4, 0.5) is 15.8 Å². The third kappa shape index (κ3) is 4.90. The van der Waals surface area contributed by atoms with E-state index in [0.717, 1.165) is 24.3 Å². The number of ether oxygens (including phenoxy) is 3. The van der Waals surface area contributed by atoms with E-state index in [1.165, 1.54) is 12.1 Å². The van der Waals surface area contributed by atoms with E-state index in [-0.39, 0.29) is 36.0 Å². The van der Waals surface area contributed by atoms with Crippen molar-refractivity contribution in [3.63, 3.8) is 0 Å². The van der Waals surface area contributed by atoms with Crippen LogP contribution in [0.2, 0.25) is 0 Å². The van der Waals surface area contributed by atoms with Gasteiger partial charge in [0.1, 0.15) is 24.6 Å². The predicted molar refractivity (Wildman–Crippen MR) is 114 cm³/mol. The molecule has 3 aromatic carbocycles. The van der Waals surface area contributed by atoms with Crippen molar-refractivity contribution in [1.29, 1.82) is 0 Å². The van der Waals surface area contributed by atoms with E-state index in [1.807, 2.05) is 0 Å². The Kier molecular flexibility index (Phi) is 6.16. The van der Waals surface area contributed by atoms with Crippen LogP contribution in [0.1, 0.15) is 22.0 Å². The Morgan fingerprint density at radius 3 is 2.27 bits per heavy atom. The molecule has 1 heterocycles. The van der Waals surface area contributed by atoms with E-state index in [9.17, 15) is 24.1 Å². The Morgan fingerprint density at radius 1 is 1.00 bits per heavy atom. The minimum atomic E-state index is -1.43. The number of nitro benzene ring substituents is 1. The van der Waals surface area contributed by atoms with Gasteiger partial charge in [0.25, 0.3) is 11.6 Å². The lowest BCUT2D eigenvalue weighted by molar-refractivity contribution is -0.385. The lowest BCUT2D eigenvalue weighted by atomic mass is 10.1. The van der Waals surface area contributed by atoms with Crippen molar-refractivity contribution in [2.24, 2.45) is 0 Å². The standard InChI is InChI=1S/C23H17FN2O7/c24-15-6-8-16(9-7-15)25-22(27)21(14-4-2-1-3-5-14)33-23(28)17-12-19-20(32-11-10-31-19)13-18(17)26(29)30/h1-9,12-13,21H,10-11H2,(H,25,27). The zero-order valence-electron chi connectivity index (χ0n) is 17.0. The second-order valence-corrected chi connectivity index (χ2v) is 6.96. The average molecular weight is 452 g/mol. The molecule has 0 saturated heterocycles. The van der Waals surface area contributed by atoms with Gasteiger partial charge in [-0.3, -0.25) is 14.9 Å². The minimum absolute atomic E-state index is 0.137. The van der Waals surface area contributed by atoms with Crippen molar-refractivity contribution in [2.45, 2.75) is 6.10 Å². The van der Waals surface area contributed by atoms with Crippen LogP contribution in [0.25, 0.3) is 0 Å².